The van der Waals surface area contributed by atoms with E-state index in [1.54, 1.807) is 6.07 Å². The Bertz CT molecular complexity index is 855. The highest BCUT2D eigenvalue weighted by Gasteiger charge is 2.28. The van der Waals surface area contributed by atoms with Crippen molar-refractivity contribution in [2.75, 3.05) is 0 Å². The maximum atomic E-state index is 9.78. The minimum absolute atomic E-state index is 0.0528. The van der Waals surface area contributed by atoms with Gasteiger partial charge in [-0.05, 0) is 54.8 Å². The van der Waals surface area contributed by atoms with Gasteiger partial charge in [-0.25, -0.2) is 0 Å². The van der Waals surface area contributed by atoms with Gasteiger partial charge in [-0.1, -0.05) is 23.7 Å². The van der Waals surface area contributed by atoms with E-state index in [1.165, 1.54) is 16.6 Å². The third-order valence-corrected chi connectivity index (χ3v) is 4.59. The van der Waals surface area contributed by atoms with Crippen LogP contribution in [-0.2, 0) is 6.42 Å². The number of H-pyrrole nitrogens is 1. The Morgan fingerprint density at radius 3 is 2.86 bits per heavy atom. The van der Waals surface area contributed by atoms with Crippen molar-refractivity contribution in [3.63, 3.8) is 0 Å². The van der Waals surface area contributed by atoms with Crippen LogP contribution in [0.3, 0.4) is 0 Å². The average molecular weight is 313 g/mol. The van der Waals surface area contributed by atoms with Crippen LogP contribution in [0.25, 0.3) is 10.9 Å². The van der Waals surface area contributed by atoms with Crippen molar-refractivity contribution in [2.45, 2.75) is 25.4 Å². The summed E-state index contributed by atoms with van der Waals surface area (Å²) in [4.78, 5) is 3.53. The van der Waals surface area contributed by atoms with E-state index < -0.39 is 0 Å². The highest BCUT2D eigenvalue weighted by atomic mass is 35.5. The summed E-state index contributed by atoms with van der Waals surface area (Å²) in [6, 6.07) is 13.8. The Balaban J connectivity index is 1.92. The van der Waals surface area contributed by atoms with Gasteiger partial charge in [0.05, 0.1) is 6.04 Å². The zero-order valence-electron chi connectivity index (χ0n) is 12.2. The Hall–Kier alpha value is -1.97. The minimum atomic E-state index is 0.0528. The molecular weight excluding hydrogens is 296 g/mol. The van der Waals surface area contributed by atoms with E-state index in [4.69, 9.17) is 11.6 Å². The van der Waals surface area contributed by atoms with E-state index in [-0.39, 0.29) is 6.04 Å². The summed E-state index contributed by atoms with van der Waals surface area (Å²) in [5.41, 5.74) is 4.65. The van der Waals surface area contributed by atoms with Gasteiger partial charge in [0, 0.05) is 27.7 Å². The molecule has 1 aliphatic rings. The molecule has 0 bridgehead atoms. The van der Waals surface area contributed by atoms with Gasteiger partial charge in [-0.3, -0.25) is 0 Å². The average Bonchev–Trinajstić information content (AvgIpc) is 2.84. The van der Waals surface area contributed by atoms with E-state index in [2.05, 4.69) is 17.2 Å². The van der Waals surface area contributed by atoms with Crippen molar-refractivity contribution in [1.29, 1.82) is 0 Å². The van der Waals surface area contributed by atoms with E-state index in [1.807, 2.05) is 36.4 Å². The van der Waals surface area contributed by atoms with Crippen molar-refractivity contribution in [3.05, 3.63) is 64.3 Å². The quantitative estimate of drug-likeness (QED) is 0.632. The number of phenols is 1. The molecule has 0 aliphatic carbocycles. The summed E-state index contributed by atoms with van der Waals surface area (Å²) in [6.07, 6.45) is 0.963. The lowest BCUT2D eigenvalue weighted by Gasteiger charge is -2.29. The predicted molar refractivity (Wildman–Crippen MR) is 89.6 cm³/mol. The van der Waals surface area contributed by atoms with Gasteiger partial charge >= 0.3 is 0 Å². The molecular formula is C18H17ClN2O. The second-order valence-corrected chi connectivity index (χ2v) is 6.44. The van der Waals surface area contributed by atoms with E-state index in [0.29, 0.717) is 11.8 Å². The standard InChI is InChI=1S/C18H17ClN2O/c1-10-7-15-14-9-12(19)5-6-16(14)21-18(15)17(20-10)11-3-2-4-13(22)8-11/h2-6,8-10,17,20-22H,7H2,1H3. The first-order chi connectivity index (χ1) is 10.6. The lowest BCUT2D eigenvalue weighted by atomic mass is 9.91. The van der Waals surface area contributed by atoms with Crippen LogP contribution >= 0.6 is 11.6 Å². The van der Waals surface area contributed by atoms with Crippen LogP contribution in [0.4, 0.5) is 0 Å². The number of aromatic nitrogens is 1. The molecule has 0 saturated carbocycles. The van der Waals surface area contributed by atoms with Gasteiger partial charge < -0.3 is 15.4 Å². The lowest BCUT2D eigenvalue weighted by Crippen LogP contribution is -2.37. The number of rotatable bonds is 1. The molecule has 0 fully saturated rings. The largest absolute Gasteiger partial charge is 0.508 e. The number of aromatic hydroxyl groups is 1. The fourth-order valence-electron chi connectivity index (χ4n) is 3.41. The van der Waals surface area contributed by atoms with Gasteiger partial charge in [0.25, 0.3) is 0 Å². The van der Waals surface area contributed by atoms with Gasteiger partial charge in [0.15, 0.2) is 0 Å². The summed E-state index contributed by atoms with van der Waals surface area (Å²) >= 11 is 6.17. The normalized spacial score (nSPS) is 21.0. The summed E-state index contributed by atoms with van der Waals surface area (Å²) in [5, 5.41) is 15.3. The molecule has 0 amide bonds. The van der Waals surface area contributed by atoms with Crippen molar-refractivity contribution in [1.82, 2.24) is 10.3 Å². The highest BCUT2D eigenvalue weighted by Crippen LogP contribution is 2.36. The Kier molecular flexibility index (Phi) is 3.13. The van der Waals surface area contributed by atoms with Crippen LogP contribution in [-0.4, -0.2) is 16.1 Å². The van der Waals surface area contributed by atoms with E-state index in [0.717, 1.165) is 22.5 Å². The molecule has 2 aromatic carbocycles. The maximum Gasteiger partial charge on any atom is 0.115 e. The third-order valence-electron chi connectivity index (χ3n) is 4.35. The molecule has 0 radical (unpaired) electrons. The number of fused-ring (bicyclic) bond motifs is 3. The predicted octanol–water partition coefficient (Wildman–Crippen LogP) is 4.15. The Morgan fingerprint density at radius 2 is 2.05 bits per heavy atom. The van der Waals surface area contributed by atoms with E-state index >= 15 is 0 Å². The molecule has 0 saturated heterocycles. The molecule has 2 unspecified atom stereocenters. The number of hydrogen-bond acceptors (Lipinski definition) is 2. The molecule has 4 rings (SSSR count). The molecule has 112 valence electrons. The Labute approximate surface area is 133 Å². The molecule has 22 heavy (non-hydrogen) atoms. The van der Waals surface area contributed by atoms with Gasteiger partial charge in [0.1, 0.15) is 5.75 Å². The summed E-state index contributed by atoms with van der Waals surface area (Å²) in [7, 11) is 0. The number of halogens is 1. The van der Waals surface area contributed by atoms with E-state index in [9.17, 15) is 5.11 Å². The smallest absolute Gasteiger partial charge is 0.115 e. The zero-order valence-corrected chi connectivity index (χ0v) is 13.0. The molecule has 4 heteroatoms. The maximum absolute atomic E-state index is 9.78. The first kappa shape index (κ1) is 13.7. The molecule has 1 aromatic heterocycles. The highest BCUT2D eigenvalue weighted by molar-refractivity contribution is 6.31. The van der Waals surface area contributed by atoms with Gasteiger partial charge in [-0.2, -0.15) is 0 Å². The van der Waals surface area contributed by atoms with Gasteiger partial charge in [0.2, 0.25) is 0 Å². The first-order valence-corrected chi connectivity index (χ1v) is 7.84. The number of phenolic OH excluding ortho intramolecular Hbond substituents is 1. The van der Waals surface area contributed by atoms with Crippen LogP contribution in [0, 0.1) is 0 Å². The van der Waals surface area contributed by atoms with Crippen molar-refractivity contribution < 1.29 is 5.11 Å². The fraction of sp³-hybridized carbons (Fsp3) is 0.222. The summed E-state index contributed by atoms with van der Waals surface area (Å²) < 4.78 is 0. The second kappa shape index (κ2) is 5.04. The molecule has 0 spiro atoms. The van der Waals surface area contributed by atoms with Crippen molar-refractivity contribution >= 4 is 22.5 Å². The first-order valence-electron chi connectivity index (χ1n) is 7.47. The summed E-state index contributed by atoms with van der Waals surface area (Å²) in [5.74, 6) is 0.290. The van der Waals surface area contributed by atoms with Crippen molar-refractivity contribution in [3.8, 4) is 5.75 Å². The SMILES string of the molecule is CC1Cc2c([nH]c3ccc(Cl)cc23)C(c2cccc(O)c2)N1. The van der Waals surface area contributed by atoms with Crippen LogP contribution in [0.1, 0.15) is 29.8 Å². The van der Waals surface area contributed by atoms with Crippen molar-refractivity contribution in [2.24, 2.45) is 0 Å². The number of aromatic amines is 1. The zero-order chi connectivity index (χ0) is 15.3. The van der Waals surface area contributed by atoms with Crippen LogP contribution in [0.5, 0.6) is 5.75 Å². The number of nitrogens with one attached hydrogen (secondary N) is 2. The number of benzene rings is 2. The number of hydrogen-bond donors (Lipinski definition) is 3. The summed E-state index contributed by atoms with van der Waals surface area (Å²) in [6.45, 7) is 2.18. The fourth-order valence-corrected chi connectivity index (χ4v) is 3.58. The second-order valence-electron chi connectivity index (χ2n) is 6.01. The minimum Gasteiger partial charge on any atom is -0.508 e. The molecule has 3 aromatic rings. The third kappa shape index (κ3) is 2.18. The van der Waals surface area contributed by atoms with Crippen LogP contribution in [0.15, 0.2) is 42.5 Å². The molecule has 3 nitrogen and oxygen atoms in total. The Morgan fingerprint density at radius 1 is 1.18 bits per heavy atom. The molecule has 1 aliphatic heterocycles. The topological polar surface area (TPSA) is 48.0 Å². The molecule has 2 atom stereocenters. The van der Waals surface area contributed by atoms with Crippen LogP contribution in [0.2, 0.25) is 5.02 Å². The van der Waals surface area contributed by atoms with Crippen LogP contribution < -0.4 is 5.32 Å². The molecule has 3 N–H and O–H groups in total. The lowest BCUT2D eigenvalue weighted by molar-refractivity contribution is 0.452. The monoisotopic (exact) mass is 312 g/mol. The molecule has 2 heterocycles. The van der Waals surface area contributed by atoms with Gasteiger partial charge in [-0.15, -0.1) is 0 Å².